The van der Waals surface area contributed by atoms with Crippen molar-refractivity contribution in [1.82, 2.24) is 0 Å². The van der Waals surface area contributed by atoms with Crippen molar-refractivity contribution >= 4 is 74.5 Å². The van der Waals surface area contributed by atoms with Gasteiger partial charge in [-0.15, -0.1) is 0 Å². The number of benzene rings is 2. The molecule has 1 heterocycles. The Balaban J connectivity index is 1.88. The molecule has 10 heteroatoms. The van der Waals surface area contributed by atoms with Gasteiger partial charge in [0.15, 0.2) is 22.4 Å². The molecule has 1 amide bonds. The number of anilines is 1. The molecule has 0 atom stereocenters. The van der Waals surface area contributed by atoms with E-state index in [1.807, 2.05) is 18.2 Å². The van der Waals surface area contributed by atoms with Crippen molar-refractivity contribution in [3.8, 4) is 17.2 Å². The van der Waals surface area contributed by atoms with Crippen LogP contribution < -0.4 is 19.1 Å². The fraction of sp³-hybridized carbons (Fsp3) is 0.227. The maximum Gasteiger partial charge on any atom is 0.344 e. The van der Waals surface area contributed by atoms with E-state index in [9.17, 15) is 9.59 Å². The minimum atomic E-state index is -0.463. The lowest BCUT2D eigenvalue weighted by Crippen LogP contribution is -2.27. The number of methoxy groups -OCH3 is 2. The number of hydrogen-bond acceptors (Lipinski definition) is 8. The lowest BCUT2D eigenvalue weighted by atomic mass is 10.1. The Morgan fingerprint density at radius 1 is 1.19 bits per heavy atom. The summed E-state index contributed by atoms with van der Waals surface area (Å²) in [6.07, 6.45) is 1.74. The SMILES string of the molecule is CCOC(=O)COc1c(I)cc(/C=C2/SC(=S)N(c3ccccc3OC)C2=O)cc1OC. The Kier molecular flexibility index (Phi) is 8.38. The first-order chi connectivity index (χ1) is 15.4. The zero-order chi connectivity index (χ0) is 23.3. The molecular formula is C22H20INO6S2. The van der Waals surface area contributed by atoms with Crippen molar-refractivity contribution in [3.63, 3.8) is 0 Å². The van der Waals surface area contributed by atoms with E-state index in [2.05, 4.69) is 22.6 Å². The molecule has 0 aromatic heterocycles. The van der Waals surface area contributed by atoms with Crippen LogP contribution in [0.5, 0.6) is 17.2 Å². The molecule has 0 saturated carbocycles. The lowest BCUT2D eigenvalue weighted by molar-refractivity contribution is -0.145. The molecule has 2 aromatic rings. The van der Waals surface area contributed by atoms with Gasteiger partial charge in [0.2, 0.25) is 0 Å². The van der Waals surface area contributed by atoms with Gasteiger partial charge in [-0.2, -0.15) is 0 Å². The normalized spacial score (nSPS) is 14.6. The van der Waals surface area contributed by atoms with Crippen molar-refractivity contribution in [2.24, 2.45) is 0 Å². The quantitative estimate of drug-likeness (QED) is 0.192. The molecule has 32 heavy (non-hydrogen) atoms. The number of carbonyl (C=O) groups excluding carboxylic acids is 2. The molecule has 0 bridgehead atoms. The zero-order valence-corrected chi connectivity index (χ0v) is 21.3. The smallest absolute Gasteiger partial charge is 0.344 e. The zero-order valence-electron chi connectivity index (χ0n) is 17.5. The van der Waals surface area contributed by atoms with Crippen LogP contribution in [0.1, 0.15) is 12.5 Å². The number of esters is 1. The molecule has 2 aromatic carbocycles. The number of ether oxygens (including phenoxy) is 4. The highest BCUT2D eigenvalue weighted by Gasteiger charge is 2.35. The molecule has 0 radical (unpaired) electrons. The first-order valence-corrected chi connectivity index (χ1v) is 11.8. The van der Waals surface area contributed by atoms with Gasteiger partial charge in [0.1, 0.15) is 5.75 Å². The summed E-state index contributed by atoms with van der Waals surface area (Å²) in [7, 11) is 3.06. The second-order valence-electron chi connectivity index (χ2n) is 6.32. The van der Waals surface area contributed by atoms with Crippen molar-refractivity contribution < 1.29 is 28.5 Å². The maximum atomic E-state index is 13.1. The third kappa shape index (κ3) is 5.36. The summed E-state index contributed by atoms with van der Waals surface area (Å²) in [5.74, 6) is 0.729. The number of thioether (sulfide) groups is 1. The van der Waals surface area contributed by atoms with Gasteiger partial charge in [-0.1, -0.05) is 36.1 Å². The number of thiocarbonyl (C=S) groups is 1. The monoisotopic (exact) mass is 585 g/mol. The van der Waals surface area contributed by atoms with E-state index in [0.717, 1.165) is 9.13 Å². The van der Waals surface area contributed by atoms with Crippen LogP contribution in [0, 0.1) is 3.57 Å². The van der Waals surface area contributed by atoms with E-state index in [0.29, 0.717) is 32.2 Å². The molecule has 0 spiro atoms. The number of halogens is 1. The average molecular weight is 585 g/mol. The fourth-order valence-corrected chi connectivity index (χ4v) is 5.00. The van der Waals surface area contributed by atoms with E-state index in [4.69, 9.17) is 31.2 Å². The van der Waals surface area contributed by atoms with Crippen LogP contribution in [0.15, 0.2) is 41.3 Å². The summed E-state index contributed by atoms with van der Waals surface area (Å²) in [6.45, 7) is 1.78. The highest BCUT2D eigenvalue weighted by molar-refractivity contribution is 14.1. The van der Waals surface area contributed by atoms with Gasteiger partial charge in [0.05, 0.1) is 35.0 Å². The van der Waals surface area contributed by atoms with E-state index in [1.165, 1.54) is 23.8 Å². The standard InChI is InChI=1S/C22H20INO6S2/c1-4-29-19(25)12-30-20-14(23)9-13(10-17(20)28-3)11-18-21(26)24(22(31)32-18)15-7-5-6-8-16(15)27-2/h5-11H,4,12H2,1-3H3/b18-11+. The predicted molar refractivity (Wildman–Crippen MR) is 136 cm³/mol. The van der Waals surface area contributed by atoms with Crippen molar-refractivity contribution in [3.05, 3.63) is 50.4 Å². The Labute approximate surface area is 209 Å². The van der Waals surface area contributed by atoms with Crippen LogP contribution in [0.4, 0.5) is 5.69 Å². The van der Waals surface area contributed by atoms with E-state index in [-0.39, 0.29) is 19.1 Å². The maximum absolute atomic E-state index is 13.1. The van der Waals surface area contributed by atoms with Crippen LogP contribution in [-0.2, 0) is 14.3 Å². The van der Waals surface area contributed by atoms with Gasteiger partial charge in [-0.25, -0.2) is 4.79 Å². The molecule has 1 saturated heterocycles. The summed E-state index contributed by atoms with van der Waals surface area (Å²) < 4.78 is 22.4. The number of hydrogen-bond donors (Lipinski definition) is 0. The number of para-hydroxylation sites is 2. The third-order valence-electron chi connectivity index (χ3n) is 4.31. The molecule has 1 fully saturated rings. The number of carbonyl (C=O) groups is 2. The first-order valence-electron chi connectivity index (χ1n) is 9.46. The van der Waals surface area contributed by atoms with Crippen LogP contribution in [0.3, 0.4) is 0 Å². The van der Waals surface area contributed by atoms with Gasteiger partial charge in [0.25, 0.3) is 5.91 Å². The summed E-state index contributed by atoms with van der Waals surface area (Å²) in [4.78, 5) is 26.7. The fourth-order valence-electron chi connectivity index (χ4n) is 2.94. The molecule has 168 valence electrons. The topological polar surface area (TPSA) is 74.3 Å². The average Bonchev–Trinajstić information content (AvgIpc) is 3.05. The highest BCUT2D eigenvalue weighted by Crippen LogP contribution is 2.41. The molecule has 0 unspecified atom stereocenters. The Morgan fingerprint density at radius 3 is 2.59 bits per heavy atom. The highest BCUT2D eigenvalue weighted by atomic mass is 127. The van der Waals surface area contributed by atoms with Crippen molar-refractivity contribution in [2.45, 2.75) is 6.92 Å². The molecule has 0 aliphatic carbocycles. The van der Waals surface area contributed by atoms with Gasteiger partial charge in [0, 0.05) is 0 Å². The van der Waals surface area contributed by atoms with E-state index in [1.54, 1.807) is 38.3 Å². The van der Waals surface area contributed by atoms with Crippen LogP contribution >= 0.6 is 46.6 Å². The van der Waals surface area contributed by atoms with Crippen LogP contribution in [0.2, 0.25) is 0 Å². The van der Waals surface area contributed by atoms with E-state index < -0.39 is 5.97 Å². The molecular weight excluding hydrogens is 565 g/mol. The minimum Gasteiger partial charge on any atom is -0.495 e. The van der Waals surface area contributed by atoms with Crippen LogP contribution in [-0.4, -0.2) is 43.6 Å². The van der Waals surface area contributed by atoms with Gasteiger partial charge in [-0.05, 0) is 65.4 Å². The largest absolute Gasteiger partial charge is 0.495 e. The second kappa shape index (κ2) is 11.0. The number of rotatable bonds is 8. The van der Waals surface area contributed by atoms with E-state index >= 15 is 0 Å². The third-order valence-corrected chi connectivity index (χ3v) is 6.41. The lowest BCUT2D eigenvalue weighted by Gasteiger charge is -2.17. The summed E-state index contributed by atoms with van der Waals surface area (Å²) in [5.41, 5.74) is 1.33. The molecule has 1 aliphatic rings. The van der Waals surface area contributed by atoms with Gasteiger partial charge >= 0.3 is 5.97 Å². The Morgan fingerprint density at radius 2 is 1.91 bits per heavy atom. The number of amides is 1. The molecule has 1 aliphatic heterocycles. The summed E-state index contributed by atoms with van der Waals surface area (Å²) in [5, 5.41) is 0. The second-order valence-corrected chi connectivity index (χ2v) is 9.15. The first kappa shape index (κ1) is 24.3. The van der Waals surface area contributed by atoms with Crippen molar-refractivity contribution in [2.75, 3.05) is 32.3 Å². The molecule has 3 rings (SSSR count). The van der Waals surface area contributed by atoms with Crippen LogP contribution in [0.25, 0.3) is 6.08 Å². The Hall–Kier alpha value is -2.31. The van der Waals surface area contributed by atoms with Gasteiger partial charge in [-0.3, -0.25) is 9.69 Å². The number of nitrogens with zero attached hydrogens (tertiary/aromatic N) is 1. The van der Waals surface area contributed by atoms with Gasteiger partial charge < -0.3 is 18.9 Å². The summed E-state index contributed by atoms with van der Waals surface area (Å²) in [6, 6.07) is 10.8. The van der Waals surface area contributed by atoms with Crippen molar-refractivity contribution in [1.29, 1.82) is 0 Å². The molecule has 0 N–H and O–H groups in total. The molecule has 7 nitrogen and oxygen atoms in total. The summed E-state index contributed by atoms with van der Waals surface area (Å²) >= 11 is 8.76. The minimum absolute atomic E-state index is 0.225. The predicted octanol–water partition coefficient (Wildman–Crippen LogP) is 4.66. The Bertz CT molecular complexity index is 1090.